The van der Waals surface area contributed by atoms with Crippen molar-refractivity contribution in [2.75, 3.05) is 6.61 Å². The molecule has 0 spiro atoms. The Morgan fingerprint density at radius 1 is 1.23 bits per heavy atom. The van der Waals surface area contributed by atoms with Crippen molar-refractivity contribution in [3.05, 3.63) is 11.6 Å². The number of fused-ring (bicyclic) bond motifs is 5. The Morgan fingerprint density at radius 2 is 1.90 bits per heavy atom. The Balaban J connectivity index is 0.00000181. The second-order valence-electron chi connectivity index (χ2n) is 9.99. The summed E-state index contributed by atoms with van der Waals surface area (Å²) in [6.45, 7) is 2.94. The van der Waals surface area contributed by atoms with Gasteiger partial charge in [-0.05, 0) is 55.4 Å². The number of Topliss-reactive ketones (excluding diaryl/α,β-unsaturated/α-hetero) is 2. The number of ketones is 3. The van der Waals surface area contributed by atoms with Crippen LogP contribution in [0.3, 0.4) is 0 Å². The summed E-state index contributed by atoms with van der Waals surface area (Å²) in [6.07, 6.45) is 5.01. The van der Waals surface area contributed by atoms with E-state index < -0.39 is 31.2 Å². The Kier molecular flexibility index (Phi) is 6.76. The van der Waals surface area contributed by atoms with Gasteiger partial charge >= 0.3 is 37.4 Å². The number of aliphatic hydroxyl groups is 1. The van der Waals surface area contributed by atoms with Crippen LogP contribution in [0.2, 0.25) is 0 Å². The fourth-order valence-corrected chi connectivity index (χ4v) is 7.39. The molecule has 0 radical (unpaired) electrons. The average Bonchev–Trinajstić information content (AvgIpc) is 2.91. The Labute approximate surface area is 205 Å². The molecule has 0 amide bonds. The van der Waals surface area contributed by atoms with Crippen LogP contribution in [0.5, 0.6) is 0 Å². The molecule has 0 aliphatic heterocycles. The van der Waals surface area contributed by atoms with Gasteiger partial charge in [-0.25, -0.2) is 4.57 Å². The van der Waals surface area contributed by atoms with Crippen molar-refractivity contribution < 1.29 is 69.3 Å². The van der Waals surface area contributed by atoms with Crippen molar-refractivity contribution in [2.24, 2.45) is 28.6 Å². The standard InChI is InChI=1S/C21H29O8P.Na.H/c1-19-7-5-13(22)9-12(19)3-4-14-15-6-8-21(25,17(24)11-29-30(26,27)28)20(15,2)10-16(23)18(14)19;;/h9,14-15,18,25H,3-8,10-11H2,1-2H3,(H2,26,27,28);;/q;+1;-1/t14-,15-,18+,19-,20-,21-;;/m0../s1. The molecule has 4 rings (SSSR count). The predicted octanol–water partition coefficient (Wildman–Crippen LogP) is -0.777. The van der Waals surface area contributed by atoms with E-state index in [0.717, 1.165) is 18.4 Å². The molecule has 0 aromatic carbocycles. The Morgan fingerprint density at radius 3 is 2.55 bits per heavy atom. The molecular weight excluding hydrogens is 434 g/mol. The van der Waals surface area contributed by atoms with E-state index >= 15 is 0 Å². The minimum absolute atomic E-state index is 0. The third kappa shape index (κ3) is 3.91. The number of rotatable bonds is 4. The predicted molar refractivity (Wildman–Crippen MR) is 106 cm³/mol. The quantitative estimate of drug-likeness (QED) is 0.364. The van der Waals surface area contributed by atoms with Crippen LogP contribution in [-0.4, -0.2) is 44.5 Å². The maximum atomic E-state index is 13.5. The van der Waals surface area contributed by atoms with Crippen molar-refractivity contribution in [3.63, 3.8) is 0 Å². The van der Waals surface area contributed by atoms with Crippen LogP contribution in [0, 0.1) is 28.6 Å². The van der Waals surface area contributed by atoms with Gasteiger partial charge in [-0.2, -0.15) is 0 Å². The molecular formula is C21H30NaO8P. The van der Waals surface area contributed by atoms with Crippen LogP contribution in [0.1, 0.15) is 60.2 Å². The molecule has 31 heavy (non-hydrogen) atoms. The topological polar surface area (TPSA) is 138 Å². The SMILES string of the molecule is C[C@]12CCC(=O)C=C1CC[C@@H]1[C@@H]2C(=O)C[C@@]2(C)[C@H]1CC[C@]2(O)C(=O)COP(=O)(O)O.[H-].[Na+]. The summed E-state index contributed by atoms with van der Waals surface area (Å²) in [4.78, 5) is 56.0. The first kappa shape index (κ1) is 25.4. The van der Waals surface area contributed by atoms with E-state index in [9.17, 15) is 24.1 Å². The Hall–Kier alpha value is -0.180. The molecule has 3 fully saturated rings. The third-order valence-corrected chi connectivity index (χ3v) is 9.10. The zero-order chi connectivity index (χ0) is 22.1. The van der Waals surface area contributed by atoms with E-state index in [1.807, 2.05) is 0 Å². The molecule has 3 N–H and O–H groups in total. The Bertz CT molecular complexity index is 902. The van der Waals surface area contributed by atoms with E-state index in [1.54, 1.807) is 13.0 Å². The summed E-state index contributed by atoms with van der Waals surface area (Å²) in [6, 6.07) is 0. The number of hydrogen-bond acceptors (Lipinski definition) is 6. The summed E-state index contributed by atoms with van der Waals surface area (Å²) < 4.78 is 15.4. The second kappa shape index (κ2) is 8.24. The van der Waals surface area contributed by atoms with E-state index in [-0.39, 0.29) is 78.6 Å². The van der Waals surface area contributed by atoms with Crippen LogP contribution in [0.4, 0.5) is 0 Å². The van der Waals surface area contributed by atoms with Gasteiger partial charge in [-0.1, -0.05) is 19.4 Å². The fraction of sp³-hybridized carbons (Fsp3) is 0.762. The summed E-state index contributed by atoms with van der Waals surface area (Å²) in [5.41, 5.74) is -2.16. The first-order valence-electron chi connectivity index (χ1n) is 10.5. The summed E-state index contributed by atoms with van der Waals surface area (Å²) >= 11 is 0. The largest absolute Gasteiger partial charge is 1.00 e. The molecule has 0 saturated heterocycles. The van der Waals surface area contributed by atoms with Crippen molar-refractivity contribution in [1.82, 2.24) is 0 Å². The minimum atomic E-state index is -4.85. The van der Waals surface area contributed by atoms with Crippen LogP contribution in [-0.2, 0) is 23.5 Å². The average molecular weight is 464 g/mol. The zero-order valence-electron chi connectivity index (χ0n) is 19.3. The van der Waals surface area contributed by atoms with E-state index in [4.69, 9.17) is 9.79 Å². The normalized spacial score (nSPS) is 42.1. The van der Waals surface area contributed by atoms with Crippen molar-refractivity contribution >= 4 is 25.2 Å². The molecule has 10 heteroatoms. The molecule has 168 valence electrons. The fourth-order valence-electron chi connectivity index (χ4n) is 7.11. The number of phosphoric acid groups is 1. The summed E-state index contributed by atoms with van der Waals surface area (Å²) in [5.74, 6) is -0.943. The minimum Gasteiger partial charge on any atom is -1.00 e. The van der Waals surface area contributed by atoms with Crippen molar-refractivity contribution in [2.45, 2.75) is 64.4 Å². The van der Waals surface area contributed by atoms with Gasteiger partial charge in [0.2, 0.25) is 0 Å². The monoisotopic (exact) mass is 464 g/mol. The van der Waals surface area contributed by atoms with Gasteiger partial charge in [-0.15, -0.1) is 0 Å². The van der Waals surface area contributed by atoms with Crippen LogP contribution < -0.4 is 29.6 Å². The van der Waals surface area contributed by atoms with Crippen LogP contribution in [0.15, 0.2) is 11.6 Å². The zero-order valence-corrected chi connectivity index (χ0v) is 21.2. The molecule has 4 aliphatic rings. The van der Waals surface area contributed by atoms with Gasteiger partial charge in [0.05, 0.1) is 0 Å². The first-order chi connectivity index (χ1) is 13.8. The molecule has 0 aromatic rings. The van der Waals surface area contributed by atoms with Gasteiger partial charge in [0, 0.05) is 24.2 Å². The molecule has 6 atom stereocenters. The van der Waals surface area contributed by atoms with E-state index in [0.29, 0.717) is 19.3 Å². The summed E-state index contributed by atoms with van der Waals surface area (Å²) in [7, 11) is -4.85. The summed E-state index contributed by atoms with van der Waals surface area (Å²) in [5, 5.41) is 11.4. The second-order valence-corrected chi connectivity index (χ2v) is 11.2. The molecule has 0 heterocycles. The smallest absolute Gasteiger partial charge is 1.00 e. The number of carbonyl (C=O) groups is 3. The van der Waals surface area contributed by atoms with Crippen LogP contribution >= 0.6 is 7.82 Å². The van der Waals surface area contributed by atoms with Gasteiger partial charge in [0.1, 0.15) is 18.0 Å². The number of phosphoric ester groups is 1. The molecule has 0 unspecified atom stereocenters. The van der Waals surface area contributed by atoms with E-state index in [1.165, 1.54) is 0 Å². The molecule has 8 nitrogen and oxygen atoms in total. The maximum Gasteiger partial charge on any atom is 1.00 e. The van der Waals surface area contributed by atoms with Gasteiger partial charge in [-0.3, -0.25) is 18.9 Å². The molecule has 0 aromatic heterocycles. The van der Waals surface area contributed by atoms with E-state index in [2.05, 4.69) is 11.4 Å². The number of allylic oxidation sites excluding steroid dienone is 1. The number of carbonyl (C=O) groups excluding carboxylic acids is 3. The van der Waals surface area contributed by atoms with Crippen molar-refractivity contribution in [1.29, 1.82) is 0 Å². The van der Waals surface area contributed by atoms with Gasteiger partial charge < -0.3 is 16.3 Å². The van der Waals surface area contributed by atoms with Gasteiger partial charge in [0.15, 0.2) is 11.6 Å². The molecule has 0 bridgehead atoms. The molecule has 4 aliphatic carbocycles. The van der Waals surface area contributed by atoms with Gasteiger partial charge in [0.25, 0.3) is 0 Å². The maximum absolute atomic E-state index is 13.5. The van der Waals surface area contributed by atoms with Crippen LogP contribution in [0.25, 0.3) is 0 Å². The van der Waals surface area contributed by atoms with Crippen molar-refractivity contribution in [3.8, 4) is 0 Å². The molecule has 3 saturated carbocycles. The third-order valence-electron chi connectivity index (χ3n) is 8.63. The number of hydrogen-bond donors (Lipinski definition) is 3. The first-order valence-corrected chi connectivity index (χ1v) is 12.1.